The van der Waals surface area contributed by atoms with Crippen LogP contribution in [0.4, 0.5) is 0 Å². The summed E-state index contributed by atoms with van der Waals surface area (Å²) >= 11 is 3.20. The second-order valence-corrected chi connectivity index (χ2v) is 5.15. The number of esters is 1. The predicted octanol–water partition coefficient (Wildman–Crippen LogP) is 2.46. The molecular formula is C13H16BrNO4. The van der Waals surface area contributed by atoms with Crippen molar-refractivity contribution in [3.8, 4) is 0 Å². The molecule has 0 saturated carbocycles. The Morgan fingerprint density at radius 2 is 2.16 bits per heavy atom. The first-order valence-corrected chi connectivity index (χ1v) is 7.11. The average Bonchev–Trinajstić information content (AvgIpc) is 2.84. The van der Waals surface area contributed by atoms with Crippen LogP contribution in [0.1, 0.15) is 30.1 Å². The number of nitrogens with zero attached hydrogens (tertiary/aromatic N) is 1. The molecule has 6 heteroatoms. The summed E-state index contributed by atoms with van der Waals surface area (Å²) in [5.41, 5.74) is 0.523. The van der Waals surface area contributed by atoms with E-state index in [2.05, 4.69) is 15.9 Å². The number of likely N-dealkylation sites (tertiary alicyclic amines) is 1. The number of ether oxygens (including phenoxy) is 1. The average molecular weight is 330 g/mol. The van der Waals surface area contributed by atoms with E-state index in [0.717, 1.165) is 0 Å². The Kier molecular flexibility index (Phi) is 4.63. The van der Waals surface area contributed by atoms with E-state index in [9.17, 15) is 9.59 Å². The van der Waals surface area contributed by atoms with Crippen LogP contribution in [0.2, 0.25) is 0 Å². The van der Waals surface area contributed by atoms with Crippen LogP contribution in [0.3, 0.4) is 0 Å². The van der Waals surface area contributed by atoms with Crippen molar-refractivity contribution in [2.45, 2.75) is 19.8 Å². The van der Waals surface area contributed by atoms with Crippen LogP contribution in [0.5, 0.6) is 0 Å². The first-order chi connectivity index (χ1) is 9.13. The molecular weight excluding hydrogens is 314 g/mol. The highest BCUT2D eigenvalue weighted by atomic mass is 79.9. The van der Waals surface area contributed by atoms with Crippen molar-refractivity contribution in [1.82, 2.24) is 4.90 Å². The minimum atomic E-state index is -0.154. The first kappa shape index (κ1) is 14.1. The number of halogens is 1. The third-order valence-corrected chi connectivity index (χ3v) is 3.86. The molecule has 1 aliphatic heterocycles. The van der Waals surface area contributed by atoms with Gasteiger partial charge in [0, 0.05) is 13.1 Å². The SMILES string of the molecule is CCOC(=O)C1CCN(C(=O)c2ccoc2Br)CC1. The van der Waals surface area contributed by atoms with Crippen molar-refractivity contribution in [2.75, 3.05) is 19.7 Å². The van der Waals surface area contributed by atoms with Gasteiger partial charge in [0.25, 0.3) is 5.91 Å². The molecule has 1 fully saturated rings. The molecule has 2 rings (SSSR count). The Morgan fingerprint density at radius 3 is 2.68 bits per heavy atom. The van der Waals surface area contributed by atoms with Crippen LogP contribution in [0.25, 0.3) is 0 Å². The van der Waals surface area contributed by atoms with Gasteiger partial charge in [-0.1, -0.05) is 0 Å². The van der Waals surface area contributed by atoms with Crippen molar-refractivity contribution in [2.24, 2.45) is 5.92 Å². The highest BCUT2D eigenvalue weighted by Crippen LogP contribution is 2.24. The van der Waals surface area contributed by atoms with Crippen molar-refractivity contribution >= 4 is 27.8 Å². The van der Waals surface area contributed by atoms with Gasteiger partial charge in [-0.2, -0.15) is 0 Å². The lowest BCUT2D eigenvalue weighted by Crippen LogP contribution is -2.40. The highest BCUT2D eigenvalue weighted by Gasteiger charge is 2.29. The largest absolute Gasteiger partial charge is 0.466 e. The lowest BCUT2D eigenvalue weighted by molar-refractivity contribution is -0.149. The van der Waals surface area contributed by atoms with Crippen molar-refractivity contribution in [1.29, 1.82) is 0 Å². The minimum absolute atomic E-state index is 0.0667. The number of carbonyl (C=O) groups excluding carboxylic acids is 2. The molecule has 2 heterocycles. The highest BCUT2D eigenvalue weighted by molar-refractivity contribution is 9.10. The molecule has 0 bridgehead atoms. The minimum Gasteiger partial charge on any atom is -0.466 e. The summed E-state index contributed by atoms with van der Waals surface area (Å²) in [6.45, 7) is 3.34. The summed E-state index contributed by atoms with van der Waals surface area (Å²) in [7, 11) is 0. The zero-order chi connectivity index (χ0) is 13.8. The maximum absolute atomic E-state index is 12.2. The van der Waals surface area contributed by atoms with E-state index in [-0.39, 0.29) is 17.8 Å². The van der Waals surface area contributed by atoms with Gasteiger partial charge in [-0.25, -0.2) is 0 Å². The van der Waals surface area contributed by atoms with Crippen LogP contribution in [0.15, 0.2) is 21.4 Å². The summed E-state index contributed by atoms with van der Waals surface area (Å²) in [5, 5.41) is 0. The van der Waals surface area contributed by atoms with E-state index < -0.39 is 0 Å². The molecule has 0 unspecified atom stereocenters. The third kappa shape index (κ3) is 3.18. The monoisotopic (exact) mass is 329 g/mol. The quantitative estimate of drug-likeness (QED) is 0.799. The number of furan rings is 1. The Morgan fingerprint density at radius 1 is 1.47 bits per heavy atom. The van der Waals surface area contributed by atoms with Gasteiger partial charge in [-0.3, -0.25) is 9.59 Å². The zero-order valence-electron chi connectivity index (χ0n) is 10.7. The number of piperidine rings is 1. The number of rotatable bonds is 3. The van der Waals surface area contributed by atoms with Crippen molar-refractivity contribution in [3.05, 3.63) is 22.6 Å². The topological polar surface area (TPSA) is 59.8 Å². The fourth-order valence-electron chi connectivity index (χ4n) is 2.19. The molecule has 1 aromatic heterocycles. The summed E-state index contributed by atoms with van der Waals surface area (Å²) in [6.07, 6.45) is 2.78. The van der Waals surface area contributed by atoms with Gasteiger partial charge in [0.15, 0.2) is 4.67 Å². The van der Waals surface area contributed by atoms with Gasteiger partial charge >= 0.3 is 5.97 Å². The number of hydrogen-bond donors (Lipinski definition) is 0. The van der Waals surface area contributed by atoms with E-state index in [1.807, 2.05) is 0 Å². The Labute approximate surface area is 120 Å². The van der Waals surface area contributed by atoms with Gasteiger partial charge in [0.05, 0.1) is 24.4 Å². The molecule has 1 aliphatic rings. The molecule has 0 atom stereocenters. The standard InChI is InChI=1S/C13H16BrNO4/c1-2-18-13(17)9-3-6-15(7-4-9)12(16)10-5-8-19-11(10)14/h5,8-9H,2-4,6-7H2,1H3. The van der Waals surface area contributed by atoms with E-state index in [4.69, 9.17) is 9.15 Å². The lowest BCUT2D eigenvalue weighted by Gasteiger charge is -2.30. The molecule has 1 amide bonds. The van der Waals surface area contributed by atoms with Crippen molar-refractivity contribution < 1.29 is 18.7 Å². The van der Waals surface area contributed by atoms with Gasteiger partial charge in [0.2, 0.25) is 0 Å². The van der Waals surface area contributed by atoms with E-state index in [0.29, 0.717) is 42.8 Å². The van der Waals surface area contributed by atoms with Gasteiger partial charge in [-0.15, -0.1) is 0 Å². The third-order valence-electron chi connectivity index (χ3n) is 3.25. The maximum atomic E-state index is 12.2. The molecule has 19 heavy (non-hydrogen) atoms. The van der Waals surface area contributed by atoms with Crippen LogP contribution in [0, 0.1) is 5.92 Å². The van der Waals surface area contributed by atoms with Crippen LogP contribution in [-0.2, 0) is 9.53 Å². The fourth-order valence-corrected chi connectivity index (χ4v) is 2.60. The molecule has 0 aromatic carbocycles. The second-order valence-electron chi connectivity index (χ2n) is 4.43. The normalized spacial score (nSPS) is 16.4. The summed E-state index contributed by atoms with van der Waals surface area (Å²) in [4.78, 5) is 25.6. The lowest BCUT2D eigenvalue weighted by atomic mass is 9.96. The molecule has 0 aliphatic carbocycles. The molecule has 0 spiro atoms. The molecule has 1 saturated heterocycles. The van der Waals surface area contributed by atoms with E-state index >= 15 is 0 Å². The molecule has 5 nitrogen and oxygen atoms in total. The molecule has 1 aromatic rings. The Hall–Kier alpha value is -1.30. The zero-order valence-corrected chi connectivity index (χ0v) is 12.3. The number of carbonyl (C=O) groups is 2. The van der Waals surface area contributed by atoms with Gasteiger partial charge < -0.3 is 14.1 Å². The first-order valence-electron chi connectivity index (χ1n) is 6.32. The smallest absolute Gasteiger partial charge is 0.309 e. The predicted molar refractivity (Wildman–Crippen MR) is 71.7 cm³/mol. The fraction of sp³-hybridized carbons (Fsp3) is 0.538. The number of amides is 1. The van der Waals surface area contributed by atoms with E-state index in [1.165, 1.54) is 6.26 Å². The Balaban J connectivity index is 1.92. The molecule has 0 radical (unpaired) electrons. The Bertz CT molecular complexity index is 463. The van der Waals surface area contributed by atoms with E-state index in [1.54, 1.807) is 17.9 Å². The summed E-state index contributed by atoms with van der Waals surface area (Å²) in [6, 6.07) is 1.64. The molecule has 0 N–H and O–H groups in total. The summed E-state index contributed by atoms with van der Waals surface area (Å²) in [5.74, 6) is -0.307. The maximum Gasteiger partial charge on any atom is 0.309 e. The van der Waals surface area contributed by atoms with Crippen molar-refractivity contribution in [3.63, 3.8) is 0 Å². The second kappa shape index (κ2) is 6.23. The van der Waals surface area contributed by atoms with Crippen LogP contribution < -0.4 is 0 Å². The van der Waals surface area contributed by atoms with Crippen LogP contribution in [-0.4, -0.2) is 36.5 Å². The summed E-state index contributed by atoms with van der Waals surface area (Å²) < 4.78 is 10.5. The van der Waals surface area contributed by atoms with Gasteiger partial charge in [-0.05, 0) is 41.8 Å². The number of hydrogen-bond acceptors (Lipinski definition) is 4. The molecule has 104 valence electrons. The van der Waals surface area contributed by atoms with Gasteiger partial charge in [0.1, 0.15) is 0 Å². The van der Waals surface area contributed by atoms with Crippen LogP contribution >= 0.6 is 15.9 Å².